The second kappa shape index (κ2) is 9.02. The van der Waals surface area contributed by atoms with Crippen LogP contribution in [0.4, 0.5) is 0 Å². The van der Waals surface area contributed by atoms with Crippen LogP contribution in [0.1, 0.15) is 53.0 Å². The molecule has 1 aromatic carbocycles. The van der Waals surface area contributed by atoms with Crippen molar-refractivity contribution in [1.29, 1.82) is 0 Å². The van der Waals surface area contributed by atoms with Gasteiger partial charge in [-0.1, -0.05) is 39.8 Å². The van der Waals surface area contributed by atoms with Crippen LogP contribution < -0.4 is 10.1 Å². The molecule has 0 aliphatic carbocycles. The minimum absolute atomic E-state index is 0.567. The van der Waals surface area contributed by atoms with Gasteiger partial charge < -0.3 is 10.1 Å². The Hall–Kier alpha value is -1.02. The standard InChI is InChI=1S/C18H31NO/c1-14(2)10-11-20-18-8-6-17(7-9-18)13-19-16(5)12-15(3)4/h6-9,14-16,19H,10-13H2,1-5H3. The van der Waals surface area contributed by atoms with E-state index >= 15 is 0 Å². The minimum Gasteiger partial charge on any atom is -0.494 e. The van der Waals surface area contributed by atoms with E-state index in [1.807, 2.05) is 0 Å². The Morgan fingerprint density at radius 1 is 0.950 bits per heavy atom. The van der Waals surface area contributed by atoms with Crippen LogP contribution in [0.2, 0.25) is 0 Å². The quantitative estimate of drug-likeness (QED) is 0.710. The molecule has 0 aromatic heterocycles. The van der Waals surface area contributed by atoms with Gasteiger partial charge >= 0.3 is 0 Å². The molecule has 1 N–H and O–H groups in total. The molecule has 20 heavy (non-hydrogen) atoms. The first-order chi connectivity index (χ1) is 9.47. The summed E-state index contributed by atoms with van der Waals surface area (Å²) in [5, 5.41) is 3.57. The summed E-state index contributed by atoms with van der Waals surface area (Å²) in [5.41, 5.74) is 1.32. The van der Waals surface area contributed by atoms with Crippen molar-refractivity contribution in [1.82, 2.24) is 5.32 Å². The van der Waals surface area contributed by atoms with Crippen LogP contribution in [0, 0.1) is 11.8 Å². The van der Waals surface area contributed by atoms with E-state index in [0.717, 1.165) is 31.2 Å². The fourth-order valence-corrected chi connectivity index (χ4v) is 2.20. The van der Waals surface area contributed by atoms with Crippen LogP contribution in [0.25, 0.3) is 0 Å². The Labute approximate surface area is 124 Å². The summed E-state index contributed by atoms with van der Waals surface area (Å²) in [6, 6.07) is 9.02. The van der Waals surface area contributed by atoms with Gasteiger partial charge in [-0.05, 0) is 49.3 Å². The maximum atomic E-state index is 5.73. The van der Waals surface area contributed by atoms with Gasteiger partial charge in [0.2, 0.25) is 0 Å². The molecular weight excluding hydrogens is 246 g/mol. The zero-order chi connectivity index (χ0) is 15.0. The normalized spacial score (nSPS) is 12.9. The van der Waals surface area contributed by atoms with Gasteiger partial charge in [-0.3, -0.25) is 0 Å². The molecule has 0 aliphatic rings. The monoisotopic (exact) mass is 277 g/mol. The Morgan fingerprint density at radius 2 is 1.60 bits per heavy atom. The van der Waals surface area contributed by atoms with E-state index in [-0.39, 0.29) is 0 Å². The van der Waals surface area contributed by atoms with Crippen LogP contribution in [0.15, 0.2) is 24.3 Å². The summed E-state index contributed by atoms with van der Waals surface area (Å²) in [6.45, 7) is 13.0. The van der Waals surface area contributed by atoms with E-state index in [1.165, 1.54) is 12.0 Å². The van der Waals surface area contributed by atoms with Gasteiger partial charge in [0.1, 0.15) is 5.75 Å². The predicted molar refractivity (Wildman–Crippen MR) is 87.1 cm³/mol. The van der Waals surface area contributed by atoms with Crippen molar-refractivity contribution >= 4 is 0 Å². The lowest BCUT2D eigenvalue weighted by atomic mass is 10.1. The highest BCUT2D eigenvalue weighted by molar-refractivity contribution is 5.27. The largest absolute Gasteiger partial charge is 0.494 e. The molecule has 1 aromatic rings. The Kier molecular flexibility index (Phi) is 7.68. The number of hydrogen-bond donors (Lipinski definition) is 1. The van der Waals surface area contributed by atoms with Gasteiger partial charge in [0.25, 0.3) is 0 Å². The molecule has 0 heterocycles. The molecule has 1 atom stereocenters. The van der Waals surface area contributed by atoms with E-state index in [1.54, 1.807) is 0 Å². The summed E-state index contributed by atoms with van der Waals surface area (Å²) in [5.74, 6) is 2.42. The van der Waals surface area contributed by atoms with Crippen LogP contribution >= 0.6 is 0 Å². The summed E-state index contributed by atoms with van der Waals surface area (Å²) in [6.07, 6.45) is 2.33. The third kappa shape index (κ3) is 7.54. The highest BCUT2D eigenvalue weighted by Crippen LogP contribution is 2.14. The number of benzene rings is 1. The van der Waals surface area contributed by atoms with Gasteiger partial charge in [0.15, 0.2) is 0 Å². The van der Waals surface area contributed by atoms with Crippen molar-refractivity contribution in [2.45, 2.75) is 60.0 Å². The van der Waals surface area contributed by atoms with Crippen LogP contribution in [-0.2, 0) is 6.54 Å². The first-order valence-electron chi connectivity index (χ1n) is 7.92. The average molecular weight is 277 g/mol. The topological polar surface area (TPSA) is 21.3 Å². The van der Waals surface area contributed by atoms with Crippen molar-refractivity contribution in [3.8, 4) is 5.75 Å². The number of rotatable bonds is 9. The lowest BCUT2D eigenvalue weighted by Gasteiger charge is -2.16. The molecule has 2 heteroatoms. The van der Waals surface area contributed by atoms with Crippen molar-refractivity contribution in [2.24, 2.45) is 11.8 Å². The van der Waals surface area contributed by atoms with E-state index in [9.17, 15) is 0 Å². The molecule has 0 aliphatic heterocycles. The van der Waals surface area contributed by atoms with Crippen molar-refractivity contribution < 1.29 is 4.74 Å². The van der Waals surface area contributed by atoms with Gasteiger partial charge in [-0.15, -0.1) is 0 Å². The SMILES string of the molecule is CC(C)CCOc1ccc(CNC(C)CC(C)C)cc1. The van der Waals surface area contributed by atoms with Gasteiger partial charge in [0, 0.05) is 12.6 Å². The third-order valence-corrected chi connectivity index (χ3v) is 3.37. The van der Waals surface area contributed by atoms with Crippen LogP contribution in [-0.4, -0.2) is 12.6 Å². The fourth-order valence-electron chi connectivity index (χ4n) is 2.20. The Morgan fingerprint density at radius 3 is 2.15 bits per heavy atom. The number of ether oxygens (including phenoxy) is 1. The molecular formula is C18H31NO. The lowest BCUT2D eigenvalue weighted by molar-refractivity contribution is 0.289. The first kappa shape index (κ1) is 17.0. The summed E-state index contributed by atoms with van der Waals surface area (Å²) in [4.78, 5) is 0. The van der Waals surface area contributed by atoms with Crippen LogP contribution in [0.3, 0.4) is 0 Å². The molecule has 0 saturated carbocycles. The fraction of sp³-hybridized carbons (Fsp3) is 0.667. The molecule has 0 spiro atoms. The predicted octanol–water partition coefficient (Wildman–Crippen LogP) is 4.64. The van der Waals surface area contributed by atoms with Gasteiger partial charge in [-0.2, -0.15) is 0 Å². The molecule has 0 saturated heterocycles. The molecule has 0 fully saturated rings. The van der Waals surface area contributed by atoms with Crippen molar-refractivity contribution in [3.63, 3.8) is 0 Å². The molecule has 0 bridgehead atoms. The molecule has 1 unspecified atom stereocenters. The summed E-state index contributed by atoms with van der Waals surface area (Å²) in [7, 11) is 0. The minimum atomic E-state index is 0.567. The van der Waals surface area contributed by atoms with Crippen molar-refractivity contribution in [2.75, 3.05) is 6.61 Å². The Bertz CT molecular complexity index is 356. The van der Waals surface area contributed by atoms with Gasteiger partial charge in [-0.25, -0.2) is 0 Å². The second-order valence-electron chi connectivity index (χ2n) is 6.59. The first-order valence-corrected chi connectivity index (χ1v) is 7.92. The smallest absolute Gasteiger partial charge is 0.119 e. The molecule has 2 nitrogen and oxygen atoms in total. The number of hydrogen-bond acceptors (Lipinski definition) is 2. The zero-order valence-corrected chi connectivity index (χ0v) is 13.8. The third-order valence-electron chi connectivity index (χ3n) is 3.37. The van der Waals surface area contributed by atoms with E-state index in [0.29, 0.717) is 12.0 Å². The van der Waals surface area contributed by atoms with Gasteiger partial charge in [0.05, 0.1) is 6.61 Å². The van der Waals surface area contributed by atoms with Crippen LogP contribution in [0.5, 0.6) is 5.75 Å². The molecule has 0 radical (unpaired) electrons. The Balaban J connectivity index is 2.31. The summed E-state index contributed by atoms with van der Waals surface area (Å²) < 4.78 is 5.73. The van der Waals surface area contributed by atoms with E-state index < -0.39 is 0 Å². The maximum absolute atomic E-state index is 5.73. The second-order valence-corrected chi connectivity index (χ2v) is 6.59. The van der Waals surface area contributed by atoms with E-state index in [4.69, 9.17) is 4.74 Å². The highest BCUT2D eigenvalue weighted by Gasteiger charge is 2.04. The average Bonchev–Trinajstić information content (AvgIpc) is 2.36. The lowest BCUT2D eigenvalue weighted by Crippen LogP contribution is -2.26. The van der Waals surface area contributed by atoms with Crippen molar-refractivity contribution in [3.05, 3.63) is 29.8 Å². The molecule has 1 rings (SSSR count). The molecule has 0 amide bonds. The zero-order valence-electron chi connectivity index (χ0n) is 13.8. The van der Waals surface area contributed by atoms with E-state index in [2.05, 4.69) is 64.2 Å². The molecule has 114 valence electrons. The summed E-state index contributed by atoms with van der Waals surface area (Å²) >= 11 is 0. The highest BCUT2D eigenvalue weighted by atomic mass is 16.5. The maximum Gasteiger partial charge on any atom is 0.119 e. The number of nitrogens with one attached hydrogen (secondary N) is 1.